The predicted molar refractivity (Wildman–Crippen MR) is 90.9 cm³/mol. The van der Waals surface area contributed by atoms with Crippen LogP contribution in [0.3, 0.4) is 0 Å². The number of amides is 1. The van der Waals surface area contributed by atoms with Gasteiger partial charge in [0.25, 0.3) is 5.91 Å². The molecule has 0 aliphatic rings. The van der Waals surface area contributed by atoms with Crippen LogP contribution in [0.5, 0.6) is 0 Å². The predicted octanol–water partition coefficient (Wildman–Crippen LogP) is 2.44. The smallest absolute Gasteiger partial charge is 0.306 e. The minimum Gasteiger partial charge on any atom is -0.461 e. The molecule has 0 saturated heterocycles. The number of esters is 1. The number of carbonyl (C=O) groups is 2. The third-order valence-corrected chi connectivity index (χ3v) is 3.57. The Labute approximate surface area is 138 Å². The molecule has 1 aromatic carbocycles. The Morgan fingerprint density at radius 3 is 2.52 bits per heavy atom. The van der Waals surface area contributed by atoms with Crippen molar-refractivity contribution in [1.29, 1.82) is 0 Å². The van der Waals surface area contributed by atoms with Crippen molar-refractivity contribution < 1.29 is 14.3 Å². The third kappa shape index (κ3) is 6.82. The minimum absolute atomic E-state index is 0.0710. The standard InChI is InChI=1S/C18H28N2O3/c1-13(2)8-15(11-19)10-17(21)23-12-14-6-5-7-16(9-14)18(22)20(3)4/h5-7,9,13,15H,8,10-12,19H2,1-4H3/t15-/m0/s1. The molecular weight excluding hydrogens is 292 g/mol. The number of carbonyl (C=O) groups excluding carboxylic acids is 2. The largest absolute Gasteiger partial charge is 0.461 e. The molecular formula is C18H28N2O3. The van der Waals surface area contributed by atoms with Gasteiger partial charge in [0.05, 0.1) is 0 Å². The van der Waals surface area contributed by atoms with Crippen LogP contribution in [0.15, 0.2) is 24.3 Å². The molecule has 1 amide bonds. The maximum Gasteiger partial charge on any atom is 0.306 e. The van der Waals surface area contributed by atoms with E-state index in [2.05, 4.69) is 13.8 Å². The van der Waals surface area contributed by atoms with E-state index in [4.69, 9.17) is 10.5 Å². The fraction of sp³-hybridized carbons (Fsp3) is 0.556. The molecule has 2 N–H and O–H groups in total. The molecule has 0 unspecified atom stereocenters. The number of nitrogens with two attached hydrogens (primary N) is 1. The van der Waals surface area contributed by atoms with Gasteiger partial charge in [-0.05, 0) is 42.5 Å². The van der Waals surface area contributed by atoms with E-state index in [0.717, 1.165) is 12.0 Å². The van der Waals surface area contributed by atoms with Gasteiger partial charge in [-0.3, -0.25) is 9.59 Å². The van der Waals surface area contributed by atoms with Crippen molar-refractivity contribution in [2.75, 3.05) is 20.6 Å². The van der Waals surface area contributed by atoms with Crippen molar-refractivity contribution in [3.05, 3.63) is 35.4 Å². The van der Waals surface area contributed by atoms with Gasteiger partial charge in [0.2, 0.25) is 0 Å². The summed E-state index contributed by atoms with van der Waals surface area (Å²) in [6.07, 6.45) is 1.25. The first-order chi connectivity index (χ1) is 10.8. The fourth-order valence-corrected chi connectivity index (χ4v) is 2.44. The van der Waals surface area contributed by atoms with Gasteiger partial charge in [-0.1, -0.05) is 26.0 Å². The summed E-state index contributed by atoms with van der Waals surface area (Å²) in [5, 5.41) is 0. The second-order valence-corrected chi connectivity index (χ2v) is 6.50. The van der Waals surface area contributed by atoms with Crippen LogP contribution in [-0.2, 0) is 16.1 Å². The summed E-state index contributed by atoms with van der Waals surface area (Å²) in [7, 11) is 3.41. The average Bonchev–Trinajstić information content (AvgIpc) is 2.51. The summed E-state index contributed by atoms with van der Waals surface area (Å²) in [6.45, 7) is 4.88. The van der Waals surface area contributed by atoms with E-state index in [1.54, 1.807) is 32.3 Å². The molecule has 0 radical (unpaired) electrons. The van der Waals surface area contributed by atoms with E-state index in [9.17, 15) is 9.59 Å². The van der Waals surface area contributed by atoms with Crippen molar-refractivity contribution in [1.82, 2.24) is 4.90 Å². The van der Waals surface area contributed by atoms with E-state index < -0.39 is 0 Å². The monoisotopic (exact) mass is 320 g/mol. The summed E-state index contributed by atoms with van der Waals surface area (Å²) in [5.41, 5.74) is 7.10. The third-order valence-electron chi connectivity index (χ3n) is 3.57. The number of ether oxygens (including phenoxy) is 1. The van der Waals surface area contributed by atoms with Gasteiger partial charge in [0.1, 0.15) is 6.61 Å². The van der Waals surface area contributed by atoms with Crippen molar-refractivity contribution in [3.8, 4) is 0 Å². The fourth-order valence-electron chi connectivity index (χ4n) is 2.44. The van der Waals surface area contributed by atoms with Crippen molar-refractivity contribution >= 4 is 11.9 Å². The van der Waals surface area contributed by atoms with Crippen LogP contribution in [0.1, 0.15) is 42.6 Å². The van der Waals surface area contributed by atoms with Gasteiger partial charge in [-0.15, -0.1) is 0 Å². The van der Waals surface area contributed by atoms with Crippen LogP contribution in [0, 0.1) is 11.8 Å². The molecule has 0 aliphatic carbocycles. The Balaban J connectivity index is 2.56. The Morgan fingerprint density at radius 1 is 1.26 bits per heavy atom. The summed E-state index contributed by atoms with van der Waals surface area (Å²) in [5.74, 6) is 0.345. The van der Waals surface area contributed by atoms with Gasteiger partial charge in [-0.2, -0.15) is 0 Å². The number of hydrogen-bond donors (Lipinski definition) is 1. The van der Waals surface area contributed by atoms with Gasteiger partial charge in [0.15, 0.2) is 0 Å². The lowest BCUT2D eigenvalue weighted by molar-refractivity contribution is -0.146. The molecule has 1 rings (SSSR count). The molecule has 5 nitrogen and oxygen atoms in total. The first-order valence-corrected chi connectivity index (χ1v) is 7.99. The second-order valence-electron chi connectivity index (χ2n) is 6.50. The van der Waals surface area contributed by atoms with Crippen LogP contribution in [-0.4, -0.2) is 37.4 Å². The highest BCUT2D eigenvalue weighted by atomic mass is 16.5. The number of hydrogen-bond acceptors (Lipinski definition) is 4. The van der Waals surface area contributed by atoms with Gasteiger partial charge in [-0.25, -0.2) is 0 Å². The zero-order valence-corrected chi connectivity index (χ0v) is 14.5. The van der Waals surface area contributed by atoms with Crippen LogP contribution in [0.2, 0.25) is 0 Å². The highest BCUT2D eigenvalue weighted by Gasteiger charge is 2.15. The molecule has 1 atom stereocenters. The number of rotatable bonds is 8. The maximum atomic E-state index is 11.9. The Hall–Kier alpha value is -1.88. The zero-order valence-electron chi connectivity index (χ0n) is 14.5. The molecule has 5 heteroatoms. The first kappa shape index (κ1) is 19.2. The molecule has 0 aliphatic heterocycles. The van der Waals surface area contributed by atoms with Gasteiger partial charge in [0, 0.05) is 26.1 Å². The van der Waals surface area contributed by atoms with Crippen LogP contribution >= 0.6 is 0 Å². The normalized spacial score (nSPS) is 12.1. The summed E-state index contributed by atoms with van der Waals surface area (Å²) < 4.78 is 5.32. The van der Waals surface area contributed by atoms with Crippen molar-refractivity contribution in [2.24, 2.45) is 17.6 Å². The topological polar surface area (TPSA) is 72.6 Å². The lowest BCUT2D eigenvalue weighted by Crippen LogP contribution is -2.22. The van der Waals surface area contributed by atoms with Gasteiger partial charge >= 0.3 is 5.97 Å². The van der Waals surface area contributed by atoms with E-state index in [0.29, 0.717) is 24.4 Å². The second kappa shape index (κ2) is 9.30. The minimum atomic E-state index is -0.245. The Morgan fingerprint density at radius 2 is 1.96 bits per heavy atom. The first-order valence-electron chi connectivity index (χ1n) is 7.99. The molecule has 0 saturated carbocycles. The molecule has 128 valence electrons. The maximum absolute atomic E-state index is 11.9. The van der Waals surface area contributed by atoms with E-state index in [1.807, 2.05) is 6.07 Å². The molecule has 0 bridgehead atoms. The Bertz CT molecular complexity index is 527. The molecule has 0 heterocycles. The zero-order chi connectivity index (χ0) is 17.4. The Kier molecular flexibility index (Phi) is 7.75. The summed E-state index contributed by atoms with van der Waals surface area (Å²) in [6, 6.07) is 7.14. The highest BCUT2D eigenvalue weighted by molar-refractivity contribution is 5.94. The molecule has 23 heavy (non-hydrogen) atoms. The molecule has 1 aromatic rings. The number of nitrogens with zero attached hydrogens (tertiary/aromatic N) is 1. The lowest BCUT2D eigenvalue weighted by atomic mass is 9.94. The van der Waals surface area contributed by atoms with E-state index >= 15 is 0 Å². The quantitative estimate of drug-likeness (QED) is 0.747. The van der Waals surface area contributed by atoms with Gasteiger partial charge < -0.3 is 15.4 Å². The average molecular weight is 320 g/mol. The molecule has 0 aromatic heterocycles. The summed E-state index contributed by atoms with van der Waals surface area (Å²) in [4.78, 5) is 25.4. The number of benzene rings is 1. The highest BCUT2D eigenvalue weighted by Crippen LogP contribution is 2.16. The van der Waals surface area contributed by atoms with Crippen LogP contribution < -0.4 is 5.73 Å². The summed E-state index contributed by atoms with van der Waals surface area (Å²) >= 11 is 0. The molecule has 0 fully saturated rings. The van der Waals surface area contributed by atoms with Crippen LogP contribution in [0.25, 0.3) is 0 Å². The molecule has 0 spiro atoms. The SMILES string of the molecule is CC(C)C[C@H](CN)CC(=O)OCc1cccc(C(=O)N(C)C)c1. The van der Waals surface area contributed by atoms with E-state index in [1.165, 1.54) is 4.90 Å². The lowest BCUT2D eigenvalue weighted by Gasteiger charge is -2.16. The van der Waals surface area contributed by atoms with Crippen molar-refractivity contribution in [2.45, 2.75) is 33.3 Å². The van der Waals surface area contributed by atoms with Crippen molar-refractivity contribution in [3.63, 3.8) is 0 Å². The van der Waals surface area contributed by atoms with Crippen LogP contribution in [0.4, 0.5) is 0 Å². The van der Waals surface area contributed by atoms with E-state index in [-0.39, 0.29) is 24.4 Å².